The molecule has 0 aliphatic heterocycles. The van der Waals surface area contributed by atoms with Crippen LogP contribution in [0.4, 0.5) is 5.69 Å². The normalized spacial score (nSPS) is 9.92. The summed E-state index contributed by atoms with van der Waals surface area (Å²) in [6.45, 7) is -0.125. The van der Waals surface area contributed by atoms with Crippen molar-refractivity contribution < 1.29 is 19.1 Å². The topological polar surface area (TPSA) is 76.7 Å². The van der Waals surface area contributed by atoms with E-state index in [9.17, 15) is 9.59 Å². The first-order valence-corrected chi connectivity index (χ1v) is 7.47. The third-order valence-electron chi connectivity index (χ3n) is 3.31. The number of methoxy groups -OCH3 is 1. The molecule has 0 aromatic heterocycles. The van der Waals surface area contributed by atoms with E-state index in [1.165, 1.54) is 0 Å². The number of likely N-dealkylation sites (N-methyl/N-ethyl adjacent to an activating group) is 1. The molecule has 0 bridgehead atoms. The fraction of sp³-hybridized carbons (Fsp3) is 0.222. The van der Waals surface area contributed by atoms with Gasteiger partial charge in [0, 0.05) is 12.7 Å². The lowest BCUT2D eigenvalue weighted by molar-refractivity contribution is -0.120. The molecular weight excluding hydrogens is 308 g/mol. The number of anilines is 1. The molecule has 2 aromatic carbocycles. The van der Waals surface area contributed by atoms with E-state index >= 15 is 0 Å². The number of nitrogens with one attached hydrogen (secondary N) is 2. The minimum Gasteiger partial charge on any atom is -0.493 e. The molecule has 0 aliphatic rings. The third-order valence-corrected chi connectivity index (χ3v) is 3.31. The number of para-hydroxylation sites is 2. The Morgan fingerprint density at radius 1 is 0.958 bits per heavy atom. The summed E-state index contributed by atoms with van der Waals surface area (Å²) in [5, 5.41) is 5.31. The Morgan fingerprint density at radius 2 is 1.62 bits per heavy atom. The highest BCUT2D eigenvalue weighted by Crippen LogP contribution is 2.25. The Balaban J connectivity index is 1.87. The first-order chi connectivity index (χ1) is 11.6. The van der Waals surface area contributed by atoms with Gasteiger partial charge in [-0.25, -0.2) is 0 Å². The molecule has 0 aliphatic carbocycles. The molecule has 0 spiro atoms. The molecule has 0 saturated heterocycles. The van der Waals surface area contributed by atoms with Crippen LogP contribution in [0.5, 0.6) is 11.5 Å². The number of ether oxygens (including phenoxy) is 2. The van der Waals surface area contributed by atoms with Gasteiger partial charge in [-0.15, -0.1) is 0 Å². The first-order valence-electron chi connectivity index (χ1n) is 7.47. The average Bonchev–Trinajstić information content (AvgIpc) is 2.61. The zero-order valence-corrected chi connectivity index (χ0v) is 13.7. The summed E-state index contributed by atoms with van der Waals surface area (Å²) >= 11 is 0. The van der Waals surface area contributed by atoms with Crippen LogP contribution in [0, 0.1) is 0 Å². The van der Waals surface area contributed by atoms with Gasteiger partial charge in [-0.2, -0.15) is 0 Å². The van der Waals surface area contributed by atoms with Crippen molar-refractivity contribution in [2.75, 3.05) is 26.1 Å². The van der Waals surface area contributed by atoms with Gasteiger partial charge in [-0.05, 0) is 29.8 Å². The van der Waals surface area contributed by atoms with Gasteiger partial charge in [0.2, 0.25) is 5.91 Å². The average molecular weight is 328 g/mol. The molecule has 0 unspecified atom stereocenters. The summed E-state index contributed by atoms with van der Waals surface area (Å²) < 4.78 is 10.6. The molecule has 2 N–H and O–H groups in total. The quantitative estimate of drug-likeness (QED) is 0.815. The Hall–Kier alpha value is -3.02. The van der Waals surface area contributed by atoms with Gasteiger partial charge in [0.1, 0.15) is 0 Å². The number of hydrogen-bond donors (Lipinski definition) is 2. The molecule has 2 amide bonds. The molecule has 126 valence electrons. The van der Waals surface area contributed by atoms with Crippen molar-refractivity contribution >= 4 is 17.5 Å². The van der Waals surface area contributed by atoms with Crippen molar-refractivity contribution in [3.63, 3.8) is 0 Å². The monoisotopic (exact) mass is 328 g/mol. The summed E-state index contributed by atoms with van der Waals surface area (Å²) in [6.07, 6.45) is 0.307. The standard InChI is InChI=1S/C18H20N2O4/c1-19-17(21)11-13-7-9-14(10-8-13)20-18(22)12-24-16-6-4-3-5-15(16)23-2/h3-10H,11-12H2,1-2H3,(H,19,21)(H,20,22). The fourth-order valence-corrected chi connectivity index (χ4v) is 2.06. The lowest BCUT2D eigenvalue weighted by atomic mass is 10.1. The van der Waals surface area contributed by atoms with Gasteiger partial charge in [0.05, 0.1) is 13.5 Å². The number of carbonyl (C=O) groups excluding carboxylic acids is 2. The van der Waals surface area contributed by atoms with Crippen LogP contribution in [0.25, 0.3) is 0 Å². The van der Waals surface area contributed by atoms with Crippen LogP contribution in [-0.4, -0.2) is 32.6 Å². The van der Waals surface area contributed by atoms with Gasteiger partial charge in [0.25, 0.3) is 5.91 Å². The van der Waals surface area contributed by atoms with E-state index in [0.29, 0.717) is 23.6 Å². The van der Waals surface area contributed by atoms with Gasteiger partial charge >= 0.3 is 0 Å². The van der Waals surface area contributed by atoms with Crippen LogP contribution in [0.1, 0.15) is 5.56 Å². The van der Waals surface area contributed by atoms with Crippen LogP contribution in [0.2, 0.25) is 0 Å². The van der Waals surface area contributed by atoms with Crippen LogP contribution in [-0.2, 0) is 16.0 Å². The molecule has 0 atom stereocenters. The Morgan fingerprint density at radius 3 is 2.25 bits per heavy atom. The van der Waals surface area contributed by atoms with E-state index in [0.717, 1.165) is 5.56 Å². The minimum absolute atomic E-state index is 0.0583. The zero-order valence-electron chi connectivity index (χ0n) is 13.7. The number of benzene rings is 2. The van der Waals surface area contributed by atoms with Gasteiger partial charge in [-0.3, -0.25) is 9.59 Å². The van der Waals surface area contributed by atoms with Crippen LogP contribution >= 0.6 is 0 Å². The number of rotatable bonds is 7. The van der Waals surface area contributed by atoms with E-state index in [-0.39, 0.29) is 18.4 Å². The Bertz CT molecular complexity index is 698. The highest BCUT2D eigenvalue weighted by molar-refractivity contribution is 5.92. The van der Waals surface area contributed by atoms with Crippen molar-refractivity contribution in [3.8, 4) is 11.5 Å². The molecule has 0 heterocycles. The third kappa shape index (κ3) is 5.01. The number of carbonyl (C=O) groups is 2. The Labute approximate surface area is 140 Å². The summed E-state index contributed by atoms with van der Waals surface area (Å²) in [7, 11) is 3.14. The highest BCUT2D eigenvalue weighted by atomic mass is 16.5. The van der Waals surface area contributed by atoms with Crippen molar-refractivity contribution in [2.24, 2.45) is 0 Å². The predicted octanol–water partition coefficient (Wildman–Crippen LogP) is 2.00. The number of amides is 2. The van der Waals surface area contributed by atoms with Crippen molar-refractivity contribution in [2.45, 2.75) is 6.42 Å². The largest absolute Gasteiger partial charge is 0.493 e. The van der Waals surface area contributed by atoms with E-state index in [4.69, 9.17) is 9.47 Å². The van der Waals surface area contributed by atoms with Gasteiger partial charge < -0.3 is 20.1 Å². The van der Waals surface area contributed by atoms with Gasteiger partial charge in [0.15, 0.2) is 18.1 Å². The van der Waals surface area contributed by atoms with Crippen LogP contribution in [0.3, 0.4) is 0 Å². The SMILES string of the molecule is CNC(=O)Cc1ccc(NC(=O)COc2ccccc2OC)cc1. The summed E-state index contributed by atoms with van der Waals surface area (Å²) in [6, 6.07) is 14.2. The molecule has 0 saturated carbocycles. The molecule has 2 rings (SSSR count). The van der Waals surface area contributed by atoms with E-state index < -0.39 is 0 Å². The number of hydrogen-bond acceptors (Lipinski definition) is 4. The first kappa shape index (κ1) is 17.3. The van der Waals surface area contributed by atoms with Crippen molar-refractivity contribution in [1.29, 1.82) is 0 Å². The lowest BCUT2D eigenvalue weighted by Gasteiger charge is -2.10. The molecule has 2 aromatic rings. The zero-order chi connectivity index (χ0) is 17.4. The predicted molar refractivity (Wildman–Crippen MR) is 91.3 cm³/mol. The van der Waals surface area contributed by atoms with Crippen LogP contribution < -0.4 is 20.1 Å². The Kier molecular flexibility index (Phi) is 6.19. The van der Waals surface area contributed by atoms with E-state index in [1.807, 2.05) is 6.07 Å². The maximum atomic E-state index is 12.0. The molecule has 6 heteroatoms. The smallest absolute Gasteiger partial charge is 0.262 e. The van der Waals surface area contributed by atoms with Crippen molar-refractivity contribution in [3.05, 3.63) is 54.1 Å². The minimum atomic E-state index is -0.278. The molecular formula is C18H20N2O4. The molecule has 0 fully saturated rings. The second-order valence-electron chi connectivity index (χ2n) is 5.03. The second-order valence-corrected chi connectivity index (χ2v) is 5.03. The summed E-state index contributed by atoms with van der Waals surface area (Å²) in [5.74, 6) is 0.747. The highest BCUT2D eigenvalue weighted by Gasteiger charge is 2.07. The van der Waals surface area contributed by atoms with Crippen molar-refractivity contribution in [1.82, 2.24) is 5.32 Å². The van der Waals surface area contributed by atoms with Crippen LogP contribution in [0.15, 0.2) is 48.5 Å². The summed E-state index contributed by atoms with van der Waals surface area (Å²) in [5.41, 5.74) is 1.52. The van der Waals surface area contributed by atoms with E-state index in [1.54, 1.807) is 56.6 Å². The molecule has 6 nitrogen and oxygen atoms in total. The lowest BCUT2D eigenvalue weighted by Crippen LogP contribution is -2.21. The van der Waals surface area contributed by atoms with Gasteiger partial charge in [-0.1, -0.05) is 24.3 Å². The maximum absolute atomic E-state index is 12.0. The summed E-state index contributed by atoms with van der Waals surface area (Å²) in [4.78, 5) is 23.3. The maximum Gasteiger partial charge on any atom is 0.262 e. The molecule has 24 heavy (non-hydrogen) atoms. The second kappa shape index (κ2) is 8.57. The fourth-order valence-electron chi connectivity index (χ4n) is 2.06. The molecule has 0 radical (unpaired) electrons. The van der Waals surface area contributed by atoms with E-state index in [2.05, 4.69) is 10.6 Å².